The first kappa shape index (κ1) is 28.2. The van der Waals surface area contributed by atoms with Gasteiger partial charge in [-0.15, -0.1) is 0 Å². The zero-order valence-corrected chi connectivity index (χ0v) is 27.6. The van der Waals surface area contributed by atoms with Crippen LogP contribution in [0.2, 0.25) is 0 Å². The molecule has 10 rings (SSSR count). The molecule has 0 saturated heterocycles. The molecule has 8 aromatic rings. The molecule has 230 valence electrons. The van der Waals surface area contributed by atoms with Gasteiger partial charge in [0.25, 0.3) is 0 Å². The van der Waals surface area contributed by atoms with Gasteiger partial charge in [-0.3, -0.25) is 0 Å². The summed E-state index contributed by atoms with van der Waals surface area (Å²) in [6.45, 7) is 0. The van der Waals surface area contributed by atoms with Crippen LogP contribution in [0, 0.1) is 0 Å². The van der Waals surface area contributed by atoms with Crippen molar-refractivity contribution in [2.75, 3.05) is 4.90 Å². The van der Waals surface area contributed by atoms with Crippen molar-refractivity contribution in [3.05, 3.63) is 210 Å². The Morgan fingerprint density at radius 1 is 0.347 bits per heavy atom. The van der Waals surface area contributed by atoms with E-state index in [-0.39, 0.29) is 0 Å². The zero-order valence-electron chi connectivity index (χ0n) is 26.8. The van der Waals surface area contributed by atoms with Crippen molar-refractivity contribution < 1.29 is 0 Å². The van der Waals surface area contributed by atoms with Crippen LogP contribution in [-0.4, -0.2) is 0 Å². The van der Waals surface area contributed by atoms with Crippen LogP contribution in [0.5, 0.6) is 0 Å². The molecule has 8 aromatic carbocycles. The normalized spacial score (nSPS) is 13.4. The van der Waals surface area contributed by atoms with Crippen molar-refractivity contribution in [2.24, 2.45) is 0 Å². The third kappa shape index (κ3) is 4.27. The van der Waals surface area contributed by atoms with Crippen molar-refractivity contribution >= 4 is 39.6 Å². The molecule has 0 unspecified atom stereocenters. The summed E-state index contributed by atoms with van der Waals surface area (Å²) in [7, 11) is 0. The molecule has 0 bridgehead atoms. The number of fused-ring (bicyclic) bond motifs is 10. The van der Waals surface area contributed by atoms with Crippen molar-refractivity contribution in [3.8, 4) is 22.3 Å². The van der Waals surface area contributed by atoms with Crippen LogP contribution in [0.15, 0.2) is 198 Å². The van der Waals surface area contributed by atoms with Gasteiger partial charge in [-0.1, -0.05) is 145 Å². The summed E-state index contributed by atoms with van der Waals surface area (Å²) < 4.78 is 0. The summed E-state index contributed by atoms with van der Waals surface area (Å²) in [5.41, 5.74) is 13.4. The predicted octanol–water partition coefficient (Wildman–Crippen LogP) is 12.8. The topological polar surface area (TPSA) is 3.24 Å². The highest BCUT2D eigenvalue weighted by atomic mass is 32.2. The quantitative estimate of drug-likeness (QED) is 0.188. The number of benzene rings is 8. The average molecular weight is 642 g/mol. The second-order valence-electron chi connectivity index (χ2n) is 12.9. The number of hydrogen-bond acceptors (Lipinski definition) is 2. The van der Waals surface area contributed by atoms with Crippen LogP contribution >= 0.6 is 11.8 Å². The highest BCUT2D eigenvalue weighted by Crippen LogP contribution is 2.62. The van der Waals surface area contributed by atoms with Crippen molar-refractivity contribution in [2.45, 2.75) is 15.2 Å². The maximum absolute atomic E-state index is 2.46. The standard InChI is InChI=1S/C47H31NS/c1-2-14-36(15-3-1)48(37-26-24-33(25-27-37)35-23-22-32-12-4-5-13-34(32)30-35)38-28-29-40-39-16-6-7-17-41(39)47(44(40)31-38)42-18-8-10-20-45(42)49-46-21-11-9-19-43(46)47/h1-31H. The van der Waals surface area contributed by atoms with E-state index >= 15 is 0 Å². The minimum absolute atomic E-state index is 0.414. The molecule has 0 saturated carbocycles. The van der Waals surface area contributed by atoms with Gasteiger partial charge in [0.05, 0.1) is 5.41 Å². The monoisotopic (exact) mass is 641 g/mol. The molecule has 0 radical (unpaired) electrons. The van der Waals surface area contributed by atoms with Crippen LogP contribution in [0.1, 0.15) is 22.3 Å². The van der Waals surface area contributed by atoms with E-state index in [1.54, 1.807) is 0 Å². The van der Waals surface area contributed by atoms with Gasteiger partial charge in [0.2, 0.25) is 0 Å². The van der Waals surface area contributed by atoms with Gasteiger partial charge < -0.3 is 4.90 Å². The number of nitrogens with zero attached hydrogens (tertiary/aromatic N) is 1. The van der Waals surface area contributed by atoms with Gasteiger partial charge in [0.1, 0.15) is 0 Å². The molecule has 2 aliphatic rings. The second-order valence-corrected chi connectivity index (χ2v) is 14.0. The maximum atomic E-state index is 2.46. The predicted molar refractivity (Wildman–Crippen MR) is 205 cm³/mol. The third-order valence-electron chi connectivity index (χ3n) is 10.3. The Labute approximate surface area is 291 Å². The van der Waals surface area contributed by atoms with Gasteiger partial charge in [-0.05, 0) is 110 Å². The lowest BCUT2D eigenvalue weighted by Gasteiger charge is -2.40. The first-order valence-corrected chi connectivity index (χ1v) is 17.7. The molecule has 0 aromatic heterocycles. The fourth-order valence-electron chi connectivity index (χ4n) is 8.18. The Kier molecular flexibility index (Phi) is 6.40. The molecule has 1 heterocycles. The zero-order chi connectivity index (χ0) is 32.4. The van der Waals surface area contributed by atoms with Gasteiger partial charge in [0, 0.05) is 26.9 Å². The van der Waals surface area contributed by atoms with E-state index in [0.29, 0.717) is 0 Å². The van der Waals surface area contributed by atoms with Gasteiger partial charge in [0.15, 0.2) is 0 Å². The SMILES string of the molecule is c1ccc(N(c2ccc(-c3ccc4ccccc4c3)cc2)c2ccc3c(c2)C2(c4ccccc4Sc4ccccc42)c2ccccc2-3)cc1. The number of hydrogen-bond donors (Lipinski definition) is 0. The summed E-state index contributed by atoms with van der Waals surface area (Å²) in [6, 6.07) is 69.2. The molecular formula is C47H31NS. The lowest BCUT2D eigenvalue weighted by Crippen LogP contribution is -2.32. The number of para-hydroxylation sites is 1. The van der Waals surface area contributed by atoms with Crippen LogP contribution < -0.4 is 4.90 Å². The summed E-state index contributed by atoms with van der Waals surface area (Å²) in [6.07, 6.45) is 0. The molecule has 1 spiro atoms. The molecule has 1 aliphatic heterocycles. The Balaban J connectivity index is 1.17. The summed E-state index contributed by atoms with van der Waals surface area (Å²) in [5, 5.41) is 2.52. The van der Waals surface area contributed by atoms with Crippen LogP contribution in [0.25, 0.3) is 33.0 Å². The molecule has 1 aliphatic carbocycles. The average Bonchev–Trinajstić information content (AvgIpc) is 3.45. The number of rotatable bonds is 4. The van der Waals surface area contributed by atoms with Crippen molar-refractivity contribution in [1.82, 2.24) is 0 Å². The van der Waals surface area contributed by atoms with Crippen molar-refractivity contribution in [3.63, 3.8) is 0 Å². The van der Waals surface area contributed by atoms with E-state index in [9.17, 15) is 0 Å². The summed E-state index contributed by atoms with van der Waals surface area (Å²) >= 11 is 1.89. The van der Waals surface area contributed by atoms with E-state index in [4.69, 9.17) is 0 Å². The molecule has 49 heavy (non-hydrogen) atoms. The first-order chi connectivity index (χ1) is 24.3. The van der Waals surface area contributed by atoms with Gasteiger partial charge in [-0.25, -0.2) is 0 Å². The molecule has 1 nitrogen and oxygen atoms in total. The molecule has 2 heteroatoms. The fraction of sp³-hybridized carbons (Fsp3) is 0.0213. The lowest BCUT2D eigenvalue weighted by molar-refractivity contribution is 0.722. The fourth-order valence-corrected chi connectivity index (χ4v) is 9.37. The van der Waals surface area contributed by atoms with E-state index in [2.05, 4.69) is 193 Å². The summed E-state index contributed by atoms with van der Waals surface area (Å²) in [5.74, 6) is 0. The van der Waals surface area contributed by atoms with E-state index in [0.717, 1.165) is 17.1 Å². The minimum atomic E-state index is -0.414. The third-order valence-corrected chi connectivity index (χ3v) is 11.5. The smallest absolute Gasteiger partial charge is 0.0736 e. The Bertz CT molecular complexity index is 2490. The number of anilines is 3. The molecule has 0 amide bonds. The Hall–Kier alpha value is -5.83. The Morgan fingerprint density at radius 2 is 0.898 bits per heavy atom. The highest BCUT2D eigenvalue weighted by Gasteiger charge is 2.50. The molecular weight excluding hydrogens is 611 g/mol. The van der Waals surface area contributed by atoms with Gasteiger partial charge in [-0.2, -0.15) is 0 Å². The maximum Gasteiger partial charge on any atom is 0.0736 e. The molecule has 0 N–H and O–H groups in total. The van der Waals surface area contributed by atoms with E-state index in [1.165, 1.54) is 65.1 Å². The van der Waals surface area contributed by atoms with Crippen LogP contribution in [-0.2, 0) is 5.41 Å². The van der Waals surface area contributed by atoms with Crippen molar-refractivity contribution in [1.29, 1.82) is 0 Å². The second kappa shape index (κ2) is 11.1. The molecule has 0 atom stereocenters. The highest BCUT2D eigenvalue weighted by molar-refractivity contribution is 7.99. The molecule has 0 fully saturated rings. The Morgan fingerprint density at radius 3 is 1.65 bits per heavy atom. The largest absolute Gasteiger partial charge is 0.310 e. The lowest BCUT2D eigenvalue weighted by atomic mass is 9.67. The van der Waals surface area contributed by atoms with Gasteiger partial charge >= 0.3 is 0 Å². The van der Waals surface area contributed by atoms with E-state index < -0.39 is 5.41 Å². The van der Waals surface area contributed by atoms with E-state index in [1.807, 2.05) is 11.8 Å². The van der Waals surface area contributed by atoms with Crippen LogP contribution in [0.4, 0.5) is 17.1 Å². The van der Waals surface area contributed by atoms with Crippen LogP contribution in [0.3, 0.4) is 0 Å². The first-order valence-electron chi connectivity index (χ1n) is 16.8. The summed E-state index contributed by atoms with van der Waals surface area (Å²) in [4.78, 5) is 5.04. The minimum Gasteiger partial charge on any atom is -0.310 e.